The van der Waals surface area contributed by atoms with E-state index in [1.54, 1.807) is 14.2 Å². The molecular weight excluding hydrogens is 209 g/mol. The summed E-state index contributed by atoms with van der Waals surface area (Å²) in [6.45, 7) is 5.88. The van der Waals surface area contributed by atoms with Gasteiger partial charge in [0, 0.05) is 5.69 Å². The zero-order valence-electron chi connectivity index (χ0n) is 10.7. The molecule has 0 aliphatic heterocycles. The first-order chi connectivity index (χ1) is 7.65. The van der Waals surface area contributed by atoms with Gasteiger partial charge in [0.2, 0.25) is 0 Å². The number of aryl methyl sites for hydroxylation is 1. The van der Waals surface area contributed by atoms with E-state index >= 15 is 0 Å². The molecule has 2 rings (SSSR count). The average molecular weight is 223 g/mol. The summed E-state index contributed by atoms with van der Waals surface area (Å²) in [5.41, 5.74) is 1.71. The van der Waals surface area contributed by atoms with Crippen molar-refractivity contribution in [2.24, 2.45) is 0 Å². The third-order valence-electron chi connectivity index (χ3n) is 2.54. The van der Waals surface area contributed by atoms with E-state index in [-0.39, 0.29) is 18.9 Å². The SMILES string of the molecule is [CH2-]c1nc(C)cc2cc(OC)c(OC)cc12.[Li+]. The van der Waals surface area contributed by atoms with Crippen LogP contribution in [-0.2, 0) is 0 Å². The van der Waals surface area contributed by atoms with Crippen molar-refractivity contribution in [1.29, 1.82) is 0 Å². The number of hydrogen-bond acceptors (Lipinski definition) is 3. The Bertz CT molecular complexity index is 540. The van der Waals surface area contributed by atoms with Crippen LogP contribution in [0.3, 0.4) is 0 Å². The van der Waals surface area contributed by atoms with Crippen LogP contribution in [0.4, 0.5) is 0 Å². The summed E-state index contributed by atoms with van der Waals surface area (Å²) in [4.78, 5) is 4.33. The molecule has 0 amide bonds. The second-order valence-corrected chi connectivity index (χ2v) is 3.64. The molecule has 0 atom stereocenters. The number of fused-ring (bicyclic) bond motifs is 1. The van der Waals surface area contributed by atoms with Gasteiger partial charge in [0.05, 0.1) is 14.2 Å². The molecule has 1 heterocycles. The van der Waals surface area contributed by atoms with E-state index in [2.05, 4.69) is 11.9 Å². The van der Waals surface area contributed by atoms with Gasteiger partial charge in [-0.25, -0.2) is 6.92 Å². The van der Waals surface area contributed by atoms with Crippen molar-refractivity contribution >= 4 is 10.8 Å². The number of rotatable bonds is 2. The summed E-state index contributed by atoms with van der Waals surface area (Å²) in [5, 5.41) is 2.05. The molecule has 0 aliphatic carbocycles. The molecule has 0 N–H and O–H groups in total. The Labute approximate surface area is 113 Å². The zero-order valence-corrected chi connectivity index (χ0v) is 10.7. The van der Waals surface area contributed by atoms with Gasteiger partial charge in [0.15, 0.2) is 5.75 Å². The summed E-state index contributed by atoms with van der Waals surface area (Å²) >= 11 is 0. The number of hydrogen-bond donors (Lipinski definition) is 0. The number of benzene rings is 1. The molecule has 3 nitrogen and oxygen atoms in total. The first-order valence-electron chi connectivity index (χ1n) is 5.01. The Balaban J connectivity index is 0.00000144. The predicted molar refractivity (Wildman–Crippen MR) is 64.0 cm³/mol. The van der Waals surface area contributed by atoms with Crippen LogP contribution in [-0.4, -0.2) is 19.2 Å². The first-order valence-corrected chi connectivity index (χ1v) is 5.01. The van der Waals surface area contributed by atoms with Crippen molar-refractivity contribution in [2.75, 3.05) is 14.2 Å². The number of nitrogens with zero attached hydrogens (tertiary/aromatic N) is 1. The number of methoxy groups -OCH3 is 2. The minimum atomic E-state index is 0. The molecular formula is C13H14LiNO2. The van der Waals surface area contributed by atoms with E-state index in [4.69, 9.17) is 9.47 Å². The monoisotopic (exact) mass is 223 g/mol. The van der Waals surface area contributed by atoms with Gasteiger partial charge >= 0.3 is 18.9 Å². The maximum Gasteiger partial charge on any atom is 1.00 e. The van der Waals surface area contributed by atoms with Crippen LogP contribution in [0.25, 0.3) is 10.8 Å². The van der Waals surface area contributed by atoms with E-state index in [0.29, 0.717) is 5.75 Å². The molecule has 17 heavy (non-hydrogen) atoms. The predicted octanol–water partition coefficient (Wildman–Crippen LogP) is -0.253. The summed E-state index contributed by atoms with van der Waals surface area (Å²) in [6.07, 6.45) is 0. The van der Waals surface area contributed by atoms with Gasteiger partial charge in [-0.1, -0.05) is 23.2 Å². The Morgan fingerprint density at radius 1 is 1.06 bits per heavy atom. The third-order valence-corrected chi connectivity index (χ3v) is 2.54. The maximum absolute atomic E-state index is 5.26. The molecule has 2 aromatic rings. The summed E-state index contributed by atoms with van der Waals surface area (Å²) in [5.74, 6) is 1.42. The van der Waals surface area contributed by atoms with E-state index in [1.165, 1.54) is 0 Å². The van der Waals surface area contributed by atoms with Gasteiger partial charge < -0.3 is 9.47 Å². The molecule has 0 saturated carbocycles. The fraction of sp³-hybridized carbons (Fsp3) is 0.231. The number of aromatic nitrogens is 1. The Morgan fingerprint density at radius 2 is 1.65 bits per heavy atom. The van der Waals surface area contributed by atoms with Crippen molar-refractivity contribution < 1.29 is 28.3 Å². The molecule has 0 spiro atoms. The van der Waals surface area contributed by atoms with Crippen molar-refractivity contribution in [3.05, 3.63) is 36.5 Å². The minimum Gasteiger partial charge on any atom is -0.494 e. The van der Waals surface area contributed by atoms with Crippen LogP contribution in [0.1, 0.15) is 11.4 Å². The van der Waals surface area contributed by atoms with Crippen LogP contribution in [0.15, 0.2) is 18.2 Å². The van der Waals surface area contributed by atoms with Crippen molar-refractivity contribution in [3.8, 4) is 11.5 Å². The van der Waals surface area contributed by atoms with Gasteiger partial charge in [0.25, 0.3) is 0 Å². The van der Waals surface area contributed by atoms with E-state index in [9.17, 15) is 0 Å². The minimum absolute atomic E-state index is 0. The molecule has 1 aromatic heterocycles. The van der Waals surface area contributed by atoms with Gasteiger partial charge in [0.1, 0.15) is 5.75 Å². The van der Waals surface area contributed by atoms with Gasteiger partial charge in [-0.3, -0.25) is 4.98 Å². The van der Waals surface area contributed by atoms with E-state index in [0.717, 1.165) is 27.9 Å². The summed E-state index contributed by atoms with van der Waals surface area (Å²) < 4.78 is 10.5. The van der Waals surface area contributed by atoms with Crippen LogP contribution in [0, 0.1) is 13.8 Å². The standard InChI is InChI=1S/C13H14NO2.Li/c1-8-5-10-6-12(15-3)13(16-4)7-11(10)9(2)14-8;/h5-7H,2H2,1,3-4H3;/q-1;+1. The number of ether oxygens (including phenoxy) is 2. The molecule has 0 aliphatic rings. The molecule has 0 fully saturated rings. The second kappa shape index (κ2) is 5.35. The molecule has 4 heteroatoms. The van der Waals surface area contributed by atoms with Gasteiger partial charge in [-0.15, -0.1) is 5.39 Å². The molecule has 84 valence electrons. The average Bonchev–Trinajstić information content (AvgIpc) is 2.27. The van der Waals surface area contributed by atoms with Crippen LogP contribution >= 0.6 is 0 Å². The summed E-state index contributed by atoms with van der Waals surface area (Å²) in [7, 11) is 3.25. The molecule has 0 bridgehead atoms. The Morgan fingerprint density at radius 3 is 2.24 bits per heavy atom. The quantitative estimate of drug-likeness (QED) is 0.519. The molecule has 0 saturated heterocycles. The molecule has 0 radical (unpaired) electrons. The topological polar surface area (TPSA) is 31.4 Å². The third kappa shape index (κ3) is 2.51. The van der Waals surface area contributed by atoms with E-state index in [1.807, 2.05) is 25.1 Å². The van der Waals surface area contributed by atoms with Crippen molar-refractivity contribution in [1.82, 2.24) is 4.98 Å². The fourth-order valence-electron chi connectivity index (χ4n) is 1.79. The van der Waals surface area contributed by atoms with Crippen molar-refractivity contribution in [2.45, 2.75) is 6.92 Å². The van der Waals surface area contributed by atoms with Crippen LogP contribution in [0.5, 0.6) is 11.5 Å². The normalized spacial score (nSPS) is 9.82. The van der Waals surface area contributed by atoms with Gasteiger partial charge in [-0.05, 0) is 13.0 Å². The van der Waals surface area contributed by atoms with Crippen molar-refractivity contribution in [3.63, 3.8) is 0 Å². The molecule has 1 aromatic carbocycles. The first kappa shape index (κ1) is 13.8. The van der Waals surface area contributed by atoms with Crippen LogP contribution < -0.4 is 28.3 Å². The van der Waals surface area contributed by atoms with Gasteiger partial charge in [-0.2, -0.15) is 0 Å². The number of pyridine rings is 1. The second-order valence-electron chi connectivity index (χ2n) is 3.64. The largest absolute Gasteiger partial charge is 1.00 e. The van der Waals surface area contributed by atoms with E-state index < -0.39 is 0 Å². The molecule has 0 unspecified atom stereocenters. The van der Waals surface area contributed by atoms with Crippen LogP contribution in [0.2, 0.25) is 0 Å². The smallest absolute Gasteiger partial charge is 0.494 e. The Hall–Kier alpha value is -1.30. The summed E-state index contributed by atoms with van der Waals surface area (Å²) in [6, 6.07) is 5.85. The fourth-order valence-corrected chi connectivity index (χ4v) is 1.79. The maximum atomic E-state index is 5.26. The zero-order chi connectivity index (χ0) is 11.7. The Kier molecular flexibility index (Phi) is 4.33.